The minimum absolute atomic E-state index is 0.126. The molecule has 0 radical (unpaired) electrons. The Morgan fingerprint density at radius 2 is 1.95 bits per heavy atom. The molecule has 0 bridgehead atoms. The number of imide groups is 1. The molecule has 112 valence electrons. The van der Waals surface area contributed by atoms with Crippen LogP contribution in [0.5, 0.6) is 0 Å². The Bertz CT molecular complexity index is 404. The highest BCUT2D eigenvalue weighted by Gasteiger charge is 2.51. The van der Waals surface area contributed by atoms with Crippen LogP contribution in [0, 0.1) is 0 Å². The SMILES string of the molecule is O=C(O)CCCCCN1C(=O)NC2(CCOCC2)C1=O. The van der Waals surface area contributed by atoms with Gasteiger partial charge in [-0.05, 0) is 12.8 Å². The maximum Gasteiger partial charge on any atom is 0.325 e. The number of carbonyl (C=O) groups excluding carboxylic acids is 2. The molecule has 7 nitrogen and oxygen atoms in total. The molecule has 0 aliphatic carbocycles. The van der Waals surface area contributed by atoms with Gasteiger partial charge in [-0.1, -0.05) is 6.42 Å². The van der Waals surface area contributed by atoms with Crippen molar-refractivity contribution in [2.75, 3.05) is 19.8 Å². The van der Waals surface area contributed by atoms with Crippen LogP contribution in [0.15, 0.2) is 0 Å². The third kappa shape index (κ3) is 3.09. The fourth-order valence-corrected chi connectivity index (χ4v) is 2.66. The van der Waals surface area contributed by atoms with Crippen molar-refractivity contribution < 1.29 is 24.2 Å². The molecule has 2 aliphatic heterocycles. The molecular formula is C13H20N2O5. The summed E-state index contributed by atoms with van der Waals surface area (Å²) < 4.78 is 5.23. The molecular weight excluding hydrogens is 264 g/mol. The summed E-state index contributed by atoms with van der Waals surface area (Å²) in [6, 6.07) is -0.338. The normalized spacial score (nSPS) is 21.3. The van der Waals surface area contributed by atoms with Gasteiger partial charge in [-0.15, -0.1) is 0 Å². The van der Waals surface area contributed by atoms with Crippen molar-refractivity contribution in [2.45, 2.75) is 44.1 Å². The van der Waals surface area contributed by atoms with Crippen LogP contribution >= 0.6 is 0 Å². The minimum Gasteiger partial charge on any atom is -0.481 e. The highest BCUT2D eigenvalue weighted by atomic mass is 16.5. The molecule has 0 aromatic heterocycles. The summed E-state index contributed by atoms with van der Waals surface area (Å²) in [7, 11) is 0. The summed E-state index contributed by atoms with van der Waals surface area (Å²) in [5.74, 6) is -0.981. The van der Waals surface area contributed by atoms with Crippen LogP contribution in [0.1, 0.15) is 38.5 Å². The van der Waals surface area contributed by atoms with E-state index in [4.69, 9.17) is 9.84 Å². The summed E-state index contributed by atoms with van der Waals surface area (Å²) >= 11 is 0. The maximum atomic E-state index is 12.4. The number of ether oxygens (including phenoxy) is 1. The van der Waals surface area contributed by atoms with Gasteiger partial charge in [-0.2, -0.15) is 0 Å². The quantitative estimate of drug-likeness (QED) is 0.554. The number of nitrogens with zero attached hydrogens (tertiary/aromatic N) is 1. The van der Waals surface area contributed by atoms with E-state index in [0.29, 0.717) is 51.9 Å². The van der Waals surface area contributed by atoms with Gasteiger partial charge in [0.25, 0.3) is 5.91 Å². The average Bonchev–Trinajstić information content (AvgIpc) is 2.63. The van der Waals surface area contributed by atoms with E-state index in [1.54, 1.807) is 0 Å². The average molecular weight is 284 g/mol. The highest BCUT2D eigenvalue weighted by molar-refractivity contribution is 6.07. The number of carboxylic acids is 1. The second-order valence-corrected chi connectivity index (χ2v) is 5.29. The lowest BCUT2D eigenvalue weighted by molar-refractivity contribution is -0.137. The maximum absolute atomic E-state index is 12.4. The van der Waals surface area contributed by atoms with Crippen LogP contribution in [-0.2, 0) is 14.3 Å². The van der Waals surface area contributed by atoms with Crippen LogP contribution in [0.25, 0.3) is 0 Å². The first kappa shape index (κ1) is 14.8. The molecule has 0 aromatic carbocycles. The molecule has 1 spiro atoms. The molecule has 0 aromatic rings. The molecule has 0 unspecified atom stereocenters. The van der Waals surface area contributed by atoms with Gasteiger partial charge in [0.15, 0.2) is 0 Å². The van der Waals surface area contributed by atoms with E-state index in [-0.39, 0.29) is 18.4 Å². The predicted octanol–water partition coefficient (Wildman–Crippen LogP) is 0.732. The Morgan fingerprint density at radius 1 is 1.25 bits per heavy atom. The molecule has 2 fully saturated rings. The largest absolute Gasteiger partial charge is 0.481 e. The number of carbonyl (C=O) groups is 3. The zero-order chi connectivity index (χ0) is 14.6. The fourth-order valence-electron chi connectivity index (χ4n) is 2.66. The molecule has 0 saturated carbocycles. The van der Waals surface area contributed by atoms with E-state index in [0.717, 1.165) is 0 Å². The first-order valence-corrected chi connectivity index (χ1v) is 6.99. The van der Waals surface area contributed by atoms with E-state index in [9.17, 15) is 14.4 Å². The molecule has 0 atom stereocenters. The first-order valence-electron chi connectivity index (χ1n) is 6.99. The standard InChI is InChI=1S/C13H20N2O5/c16-10(17)4-2-1-3-7-15-11(18)13(14-12(15)19)5-8-20-9-6-13/h1-9H2,(H,14,19)(H,16,17). The Labute approximate surface area is 117 Å². The number of rotatable bonds is 6. The Kier molecular flexibility index (Phi) is 4.59. The summed E-state index contributed by atoms with van der Waals surface area (Å²) in [5, 5.41) is 11.3. The summed E-state index contributed by atoms with van der Waals surface area (Å²) in [5.41, 5.74) is -0.767. The third-order valence-corrected chi connectivity index (χ3v) is 3.86. The van der Waals surface area contributed by atoms with E-state index < -0.39 is 11.5 Å². The third-order valence-electron chi connectivity index (χ3n) is 3.86. The number of carboxylic acid groups (broad SMARTS) is 1. The first-order chi connectivity index (χ1) is 9.55. The summed E-state index contributed by atoms with van der Waals surface area (Å²) in [6.07, 6.45) is 3.07. The zero-order valence-electron chi connectivity index (χ0n) is 11.4. The van der Waals surface area contributed by atoms with Crippen molar-refractivity contribution in [1.29, 1.82) is 0 Å². The molecule has 7 heteroatoms. The monoisotopic (exact) mass is 284 g/mol. The van der Waals surface area contributed by atoms with E-state index >= 15 is 0 Å². The molecule has 2 N–H and O–H groups in total. The number of aliphatic carboxylic acids is 1. The van der Waals surface area contributed by atoms with Crippen molar-refractivity contribution in [3.8, 4) is 0 Å². The Hall–Kier alpha value is -1.63. The van der Waals surface area contributed by atoms with Crippen molar-refractivity contribution >= 4 is 17.9 Å². The number of hydrogen-bond acceptors (Lipinski definition) is 4. The van der Waals surface area contributed by atoms with E-state index in [2.05, 4.69) is 5.32 Å². The minimum atomic E-state index is -0.818. The van der Waals surface area contributed by atoms with Crippen LogP contribution < -0.4 is 5.32 Å². The van der Waals surface area contributed by atoms with Gasteiger partial charge in [0.2, 0.25) is 0 Å². The molecule has 2 saturated heterocycles. The van der Waals surface area contributed by atoms with E-state index in [1.165, 1.54) is 4.90 Å². The number of urea groups is 1. The molecule has 2 heterocycles. The number of hydrogen-bond donors (Lipinski definition) is 2. The lowest BCUT2D eigenvalue weighted by atomic mass is 9.90. The lowest BCUT2D eigenvalue weighted by Crippen LogP contribution is -2.51. The van der Waals surface area contributed by atoms with Gasteiger partial charge < -0.3 is 15.2 Å². The van der Waals surface area contributed by atoms with Gasteiger partial charge in [0.1, 0.15) is 5.54 Å². The summed E-state index contributed by atoms with van der Waals surface area (Å²) in [6.45, 7) is 1.32. The number of unbranched alkanes of at least 4 members (excludes halogenated alkanes) is 2. The molecule has 3 amide bonds. The number of amides is 3. The Balaban J connectivity index is 1.81. The van der Waals surface area contributed by atoms with Crippen molar-refractivity contribution in [2.24, 2.45) is 0 Å². The summed E-state index contributed by atoms with van der Waals surface area (Å²) in [4.78, 5) is 35.9. The molecule has 2 rings (SSSR count). The fraction of sp³-hybridized carbons (Fsp3) is 0.769. The van der Waals surface area contributed by atoms with E-state index in [1.807, 2.05) is 0 Å². The van der Waals surface area contributed by atoms with Gasteiger partial charge in [-0.25, -0.2) is 4.79 Å². The number of nitrogens with one attached hydrogen (secondary N) is 1. The van der Waals surface area contributed by atoms with Gasteiger partial charge in [-0.3, -0.25) is 14.5 Å². The van der Waals surface area contributed by atoms with Crippen molar-refractivity contribution in [3.05, 3.63) is 0 Å². The van der Waals surface area contributed by atoms with Crippen molar-refractivity contribution in [1.82, 2.24) is 10.2 Å². The van der Waals surface area contributed by atoms with Crippen LogP contribution in [-0.4, -0.2) is 53.2 Å². The second-order valence-electron chi connectivity index (χ2n) is 5.29. The zero-order valence-corrected chi connectivity index (χ0v) is 11.4. The second kappa shape index (κ2) is 6.21. The highest BCUT2D eigenvalue weighted by Crippen LogP contribution is 2.28. The van der Waals surface area contributed by atoms with Crippen LogP contribution in [0.3, 0.4) is 0 Å². The van der Waals surface area contributed by atoms with Crippen LogP contribution in [0.2, 0.25) is 0 Å². The smallest absolute Gasteiger partial charge is 0.325 e. The molecule has 2 aliphatic rings. The Morgan fingerprint density at radius 3 is 2.60 bits per heavy atom. The van der Waals surface area contributed by atoms with Crippen LogP contribution in [0.4, 0.5) is 4.79 Å². The van der Waals surface area contributed by atoms with Gasteiger partial charge in [0.05, 0.1) is 0 Å². The van der Waals surface area contributed by atoms with Crippen molar-refractivity contribution in [3.63, 3.8) is 0 Å². The molecule has 20 heavy (non-hydrogen) atoms. The lowest BCUT2D eigenvalue weighted by Gasteiger charge is -2.30. The van der Waals surface area contributed by atoms with Gasteiger partial charge >= 0.3 is 12.0 Å². The predicted molar refractivity (Wildman–Crippen MR) is 69.1 cm³/mol. The topological polar surface area (TPSA) is 95.9 Å². The van der Waals surface area contributed by atoms with Gasteiger partial charge in [0, 0.05) is 39.0 Å².